The maximum Gasteiger partial charge on any atom is 1.00 e. The molecule has 0 aliphatic carbocycles. The van der Waals surface area contributed by atoms with Gasteiger partial charge in [-0.05, 0) is 12.8 Å². The minimum Gasteiger partial charge on any atom is -0.550 e. The quantitative estimate of drug-likeness (QED) is 0.347. The fourth-order valence-electron chi connectivity index (χ4n) is 0.272. The summed E-state index contributed by atoms with van der Waals surface area (Å²) in [6.07, 6.45) is 1.69. The fraction of sp³-hybridized carbons (Fsp3) is 0.250. The van der Waals surface area contributed by atoms with E-state index in [1.165, 1.54) is 12.5 Å². The van der Waals surface area contributed by atoms with Crippen LogP contribution < -0.4 is 69.3 Å². The Morgan fingerprint density at radius 1 is 1.00 bits per heavy atom. The molecule has 0 unspecified atom stereocenters. The van der Waals surface area contributed by atoms with E-state index in [2.05, 4.69) is 17.9 Å². The molecule has 0 aromatic carbocycles. The zero-order chi connectivity index (χ0) is 10.7. The van der Waals surface area contributed by atoms with Gasteiger partial charge < -0.3 is 24.5 Å². The summed E-state index contributed by atoms with van der Waals surface area (Å²) in [5.41, 5.74) is 0. The molecule has 0 bridgehead atoms. The molecule has 0 rings (SSSR count). The van der Waals surface area contributed by atoms with E-state index in [0.717, 1.165) is 0 Å². The van der Waals surface area contributed by atoms with E-state index in [9.17, 15) is 19.8 Å². The molecule has 0 aromatic rings. The van der Waals surface area contributed by atoms with Crippen LogP contribution in [0.15, 0.2) is 25.7 Å². The summed E-state index contributed by atoms with van der Waals surface area (Å²) in [5.74, 6) is -2.73. The van der Waals surface area contributed by atoms with E-state index >= 15 is 0 Å². The summed E-state index contributed by atoms with van der Waals surface area (Å²) >= 11 is 0. The zero-order valence-electron chi connectivity index (χ0n) is 9.02. The van der Waals surface area contributed by atoms with Crippen LogP contribution in [0.4, 0.5) is 0 Å². The van der Waals surface area contributed by atoms with Crippen molar-refractivity contribution in [1.29, 1.82) is 0 Å². The van der Waals surface area contributed by atoms with Crippen LogP contribution in [0.3, 0.4) is 0 Å². The van der Waals surface area contributed by atoms with E-state index in [0.29, 0.717) is 0 Å². The number of carbonyl (C=O) groups is 2. The zero-order valence-corrected chi connectivity index (χ0v) is 13.0. The van der Waals surface area contributed by atoms with Gasteiger partial charge in [-0.2, -0.15) is 0 Å². The smallest absolute Gasteiger partial charge is 0.550 e. The number of hydrogen-bond acceptors (Lipinski definition) is 5. The summed E-state index contributed by atoms with van der Waals surface area (Å²) in [4.78, 5) is 19.0. The Hall–Kier alpha value is 0.220. The maximum absolute atomic E-state index is 9.50. The molecule has 0 saturated carbocycles. The van der Waals surface area contributed by atoms with E-state index in [1.54, 1.807) is 0 Å². The van der Waals surface area contributed by atoms with E-state index in [-0.39, 0.29) is 59.1 Å². The third-order valence-corrected chi connectivity index (χ3v) is 0.726. The normalized spacial score (nSPS) is 6.40. The molecule has 0 atom stereocenters. The van der Waals surface area contributed by atoms with Crippen molar-refractivity contribution < 1.29 is 83.7 Å². The molecule has 0 amide bonds. The first-order chi connectivity index (χ1) is 6.04. The molecule has 0 heterocycles. The molecule has 0 aliphatic rings. The SMILES string of the molecule is C=COC=C.O=C([O-])CCC(=O)[O-].[Na+].[Na+]. The molecule has 15 heavy (non-hydrogen) atoms. The molecular weight excluding hydrogens is 222 g/mol. The average Bonchev–Trinajstić information content (AvgIpc) is 2.03. The van der Waals surface area contributed by atoms with Crippen LogP contribution in [-0.4, -0.2) is 11.9 Å². The van der Waals surface area contributed by atoms with Crippen molar-refractivity contribution in [2.75, 3.05) is 0 Å². The van der Waals surface area contributed by atoms with Gasteiger partial charge in [0, 0.05) is 11.9 Å². The minimum atomic E-state index is -1.37. The molecule has 0 aliphatic heterocycles. The van der Waals surface area contributed by atoms with Gasteiger partial charge in [0.05, 0.1) is 12.5 Å². The van der Waals surface area contributed by atoms with Crippen LogP contribution in [-0.2, 0) is 14.3 Å². The molecule has 7 heteroatoms. The summed E-state index contributed by atoms with van der Waals surface area (Å²) < 4.78 is 4.36. The molecule has 0 aromatic heterocycles. The Bertz CT molecular complexity index is 173. The van der Waals surface area contributed by atoms with Crippen molar-refractivity contribution in [1.82, 2.24) is 0 Å². The van der Waals surface area contributed by atoms with Crippen LogP contribution in [0, 0.1) is 0 Å². The monoisotopic (exact) mass is 232 g/mol. The minimum absolute atomic E-state index is 0. The predicted octanol–water partition coefficient (Wildman–Crippen LogP) is -7.44. The second-order valence-corrected chi connectivity index (χ2v) is 1.71. The number of carboxylic acid groups (broad SMARTS) is 2. The van der Waals surface area contributed by atoms with E-state index in [1.807, 2.05) is 0 Å². The molecule has 0 radical (unpaired) electrons. The van der Waals surface area contributed by atoms with Crippen molar-refractivity contribution in [2.24, 2.45) is 0 Å². The van der Waals surface area contributed by atoms with Gasteiger partial charge in [-0.1, -0.05) is 13.2 Å². The Labute approximate surface area is 133 Å². The second kappa shape index (κ2) is 19.7. The van der Waals surface area contributed by atoms with Crippen molar-refractivity contribution in [2.45, 2.75) is 12.8 Å². The van der Waals surface area contributed by atoms with Crippen molar-refractivity contribution in [3.05, 3.63) is 25.7 Å². The standard InChI is InChI=1S/C4H6O4.C4H6O.2Na/c5-3(6)1-2-4(7)8;1-3-5-4-2;;/h1-2H2,(H,5,6)(H,7,8);3-4H,1-2H2;;/q;;2*+1/p-2. The molecule has 0 saturated heterocycles. The summed E-state index contributed by atoms with van der Waals surface area (Å²) in [6, 6.07) is 0. The van der Waals surface area contributed by atoms with E-state index in [4.69, 9.17) is 0 Å². The van der Waals surface area contributed by atoms with Crippen LogP contribution in [0.5, 0.6) is 0 Å². The van der Waals surface area contributed by atoms with Gasteiger partial charge in [0.1, 0.15) is 0 Å². The predicted molar refractivity (Wildman–Crippen MR) is 40.7 cm³/mol. The van der Waals surface area contributed by atoms with Gasteiger partial charge in [-0.25, -0.2) is 0 Å². The number of carboxylic acids is 2. The summed E-state index contributed by atoms with van der Waals surface area (Å²) in [5, 5.41) is 19.0. The topological polar surface area (TPSA) is 89.5 Å². The number of hydrogen-bond donors (Lipinski definition) is 0. The summed E-state index contributed by atoms with van der Waals surface area (Å²) in [7, 11) is 0. The van der Waals surface area contributed by atoms with Crippen molar-refractivity contribution >= 4 is 11.9 Å². The van der Waals surface area contributed by atoms with E-state index < -0.39 is 24.8 Å². The van der Waals surface area contributed by atoms with Crippen LogP contribution in [0.2, 0.25) is 0 Å². The van der Waals surface area contributed by atoms with Crippen LogP contribution in [0.1, 0.15) is 12.8 Å². The average molecular weight is 232 g/mol. The van der Waals surface area contributed by atoms with Crippen LogP contribution in [0.25, 0.3) is 0 Å². The maximum atomic E-state index is 9.50. The Morgan fingerprint density at radius 3 is 1.33 bits per heavy atom. The molecule has 5 nitrogen and oxygen atoms in total. The van der Waals surface area contributed by atoms with Gasteiger partial charge >= 0.3 is 59.1 Å². The van der Waals surface area contributed by atoms with Gasteiger partial charge in [-0.3, -0.25) is 0 Å². The van der Waals surface area contributed by atoms with Gasteiger partial charge in [0.15, 0.2) is 0 Å². The second-order valence-electron chi connectivity index (χ2n) is 1.71. The number of aliphatic carboxylic acids is 2. The largest absolute Gasteiger partial charge is 1.00 e. The number of ether oxygens (including phenoxy) is 1. The Balaban J connectivity index is -0.0000000770. The molecule has 0 N–H and O–H groups in total. The third-order valence-electron chi connectivity index (χ3n) is 0.726. The Kier molecular flexibility index (Phi) is 32.2. The molecular formula is C8H10Na2O5. The van der Waals surface area contributed by atoms with Gasteiger partial charge in [0.25, 0.3) is 0 Å². The number of carbonyl (C=O) groups excluding carboxylic acids is 2. The first-order valence-corrected chi connectivity index (χ1v) is 3.31. The third kappa shape index (κ3) is 40.7. The van der Waals surface area contributed by atoms with Crippen molar-refractivity contribution in [3.63, 3.8) is 0 Å². The van der Waals surface area contributed by atoms with Gasteiger partial charge in [0.2, 0.25) is 0 Å². The Morgan fingerprint density at radius 2 is 1.27 bits per heavy atom. The van der Waals surface area contributed by atoms with Crippen molar-refractivity contribution in [3.8, 4) is 0 Å². The fourth-order valence-corrected chi connectivity index (χ4v) is 0.272. The van der Waals surface area contributed by atoms with Crippen LogP contribution >= 0.6 is 0 Å². The molecule has 74 valence electrons. The molecule has 0 spiro atoms. The first-order valence-electron chi connectivity index (χ1n) is 3.31. The molecule has 0 fully saturated rings. The van der Waals surface area contributed by atoms with Gasteiger partial charge in [-0.15, -0.1) is 0 Å². The summed E-state index contributed by atoms with van der Waals surface area (Å²) in [6.45, 7) is 6.51. The number of rotatable bonds is 5. The first kappa shape index (κ1) is 24.4.